The van der Waals surface area contributed by atoms with E-state index in [2.05, 4.69) is 20.8 Å². The largest absolute Gasteiger partial charge is 0.483 e. The van der Waals surface area contributed by atoms with E-state index in [0.717, 1.165) is 50.5 Å². The summed E-state index contributed by atoms with van der Waals surface area (Å²) < 4.78 is 17.2. The number of halogens is 1. The van der Waals surface area contributed by atoms with E-state index >= 15 is 0 Å². The average molecular weight is 630 g/mol. The number of morpholine rings is 2. The maximum atomic E-state index is 13.5. The normalized spacial score (nSPS) is 20.5. The van der Waals surface area contributed by atoms with Gasteiger partial charge in [0.2, 0.25) is 0 Å². The van der Waals surface area contributed by atoms with Crippen LogP contribution in [0.2, 0.25) is 0 Å². The van der Waals surface area contributed by atoms with Crippen molar-refractivity contribution < 1.29 is 23.8 Å². The summed E-state index contributed by atoms with van der Waals surface area (Å²) in [6.07, 6.45) is 2.73. The standard InChI is InChI=1S/C29H33BrN4O5S/c30-24-19-22(7-8-25(24)39-21-27(35)33-13-17-38-18-14-33)20-26-28(36)34(10-4-9-32-11-15-37-16-12-32)29(40-26)31-23-5-2-1-3-6-23/h1-3,5-8,19-20H,4,9-18,21H2/b26-20-,31-29?. The molecule has 0 aliphatic carbocycles. The van der Waals surface area contributed by atoms with Crippen LogP contribution in [-0.4, -0.2) is 104 Å². The van der Waals surface area contributed by atoms with Crippen LogP contribution in [0.4, 0.5) is 5.69 Å². The summed E-state index contributed by atoms with van der Waals surface area (Å²) in [5.74, 6) is 0.465. The molecule has 2 aromatic carbocycles. The van der Waals surface area contributed by atoms with E-state index in [1.165, 1.54) is 11.8 Å². The predicted octanol–water partition coefficient (Wildman–Crippen LogP) is 4.01. The molecule has 40 heavy (non-hydrogen) atoms. The van der Waals surface area contributed by atoms with Crippen molar-refractivity contribution in [2.75, 3.05) is 72.3 Å². The molecule has 3 fully saturated rings. The van der Waals surface area contributed by atoms with Crippen molar-refractivity contribution in [3.05, 3.63) is 63.5 Å². The summed E-state index contributed by atoms with van der Waals surface area (Å²) in [6, 6.07) is 15.3. The number of amides is 2. The predicted molar refractivity (Wildman–Crippen MR) is 160 cm³/mol. The van der Waals surface area contributed by atoms with Crippen LogP contribution >= 0.6 is 27.7 Å². The average Bonchev–Trinajstić information content (AvgIpc) is 3.27. The number of carbonyl (C=O) groups excluding carboxylic acids is 2. The highest BCUT2D eigenvalue weighted by Gasteiger charge is 2.33. The lowest BCUT2D eigenvalue weighted by atomic mass is 10.2. The van der Waals surface area contributed by atoms with E-state index < -0.39 is 0 Å². The van der Waals surface area contributed by atoms with Crippen LogP contribution in [0.15, 0.2) is 62.9 Å². The second-order valence-corrected chi connectivity index (χ2v) is 11.4. The summed E-state index contributed by atoms with van der Waals surface area (Å²) >= 11 is 4.95. The van der Waals surface area contributed by atoms with Gasteiger partial charge in [0.15, 0.2) is 11.8 Å². The van der Waals surface area contributed by atoms with Gasteiger partial charge in [-0.15, -0.1) is 0 Å². The Hall–Kier alpha value is -2.70. The third-order valence-electron chi connectivity index (χ3n) is 6.80. The van der Waals surface area contributed by atoms with Crippen LogP contribution < -0.4 is 4.74 Å². The van der Waals surface area contributed by atoms with Crippen molar-refractivity contribution in [2.45, 2.75) is 6.42 Å². The maximum Gasteiger partial charge on any atom is 0.266 e. The molecule has 0 N–H and O–H groups in total. The number of amidine groups is 1. The van der Waals surface area contributed by atoms with Gasteiger partial charge in [0.1, 0.15) is 5.75 Å². The second kappa shape index (κ2) is 14.3. The van der Waals surface area contributed by atoms with E-state index in [-0.39, 0.29) is 18.4 Å². The van der Waals surface area contributed by atoms with Gasteiger partial charge in [-0.3, -0.25) is 19.4 Å². The Labute approximate surface area is 247 Å². The molecule has 3 aliphatic heterocycles. The van der Waals surface area contributed by atoms with Gasteiger partial charge >= 0.3 is 0 Å². The number of nitrogens with zero attached hydrogens (tertiary/aromatic N) is 4. The van der Waals surface area contributed by atoms with Crippen LogP contribution in [0, 0.1) is 0 Å². The molecule has 0 radical (unpaired) electrons. The molecule has 2 amide bonds. The lowest BCUT2D eigenvalue weighted by Gasteiger charge is -2.27. The Kier molecular flexibility index (Phi) is 10.3. The molecule has 3 heterocycles. The molecule has 3 aliphatic rings. The quantitative estimate of drug-likeness (QED) is 0.388. The first-order chi connectivity index (χ1) is 19.6. The highest BCUT2D eigenvalue weighted by atomic mass is 79.9. The maximum absolute atomic E-state index is 13.5. The number of benzene rings is 2. The Morgan fingerprint density at radius 2 is 1.73 bits per heavy atom. The first-order valence-electron chi connectivity index (χ1n) is 13.5. The Morgan fingerprint density at radius 3 is 2.45 bits per heavy atom. The summed E-state index contributed by atoms with van der Waals surface area (Å²) in [4.78, 5) is 37.3. The van der Waals surface area contributed by atoms with E-state index in [4.69, 9.17) is 19.2 Å². The molecule has 0 unspecified atom stereocenters. The van der Waals surface area contributed by atoms with Gasteiger partial charge in [-0.1, -0.05) is 24.3 Å². The molecule has 212 valence electrons. The third-order valence-corrected chi connectivity index (χ3v) is 8.42. The minimum absolute atomic E-state index is 0.0356. The number of hydrogen-bond acceptors (Lipinski definition) is 8. The molecule has 0 aromatic heterocycles. The Bertz CT molecular complexity index is 1250. The highest BCUT2D eigenvalue weighted by molar-refractivity contribution is 9.10. The lowest BCUT2D eigenvalue weighted by Crippen LogP contribution is -2.43. The van der Waals surface area contributed by atoms with Crippen LogP contribution in [0.25, 0.3) is 6.08 Å². The third kappa shape index (κ3) is 7.73. The van der Waals surface area contributed by atoms with Gasteiger partial charge in [0, 0.05) is 39.3 Å². The lowest BCUT2D eigenvalue weighted by molar-refractivity contribution is -0.137. The second-order valence-electron chi connectivity index (χ2n) is 9.58. The molecular formula is C29H33BrN4O5S. The van der Waals surface area contributed by atoms with Crippen molar-refractivity contribution in [3.8, 4) is 5.75 Å². The van der Waals surface area contributed by atoms with Gasteiger partial charge in [0.05, 0.1) is 41.5 Å². The van der Waals surface area contributed by atoms with E-state index in [1.54, 1.807) is 9.80 Å². The van der Waals surface area contributed by atoms with Crippen molar-refractivity contribution in [1.29, 1.82) is 0 Å². The molecule has 3 saturated heterocycles. The topological polar surface area (TPSA) is 83.9 Å². The number of carbonyl (C=O) groups is 2. The van der Waals surface area contributed by atoms with Crippen LogP contribution in [0.5, 0.6) is 5.75 Å². The van der Waals surface area contributed by atoms with Gasteiger partial charge in [0.25, 0.3) is 11.8 Å². The number of thioether (sulfide) groups is 1. The van der Waals surface area contributed by atoms with Gasteiger partial charge < -0.3 is 19.1 Å². The zero-order chi connectivity index (χ0) is 27.7. The van der Waals surface area contributed by atoms with Gasteiger partial charge in [-0.25, -0.2) is 4.99 Å². The van der Waals surface area contributed by atoms with Gasteiger partial charge in [-0.2, -0.15) is 0 Å². The number of aliphatic imine (C=N–C) groups is 1. The van der Waals surface area contributed by atoms with Crippen molar-refractivity contribution in [1.82, 2.24) is 14.7 Å². The Balaban J connectivity index is 1.26. The van der Waals surface area contributed by atoms with E-state index in [0.29, 0.717) is 53.1 Å². The molecule has 0 spiro atoms. The van der Waals surface area contributed by atoms with Gasteiger partial charge in [-0.05, 0) is 70.0 Å². The first kappa shape index (κ1) is 28.8. The molecule has 0 saturated carbocycles. The first-order valence-corrected chi connectivity index (χ1v) is 15.1. The molecular weight excluding hydrogens is 596 g/mol. The number of rotatable bonds is 9. The summed E-state index contributed by atoms with van der Waals surface area (Å²) in [5.41, 5.74) is 1.66. The van der Waals surface area contributed by atoms with E-state index in [1.807, 2.05) is 54.6 Å². The zero-order valence-electron chi connectivity index (χ0n) is 22.3. The molecule has 5 rings (SSSR count). The van der Waals surface area contributed by atoms with Crippen LogP contribution in [0.1, 0.15) is 12.0 Å². The molecule has 2 aromatic rings. The minimum Gasteiger partial charge on any atom is -0.483 e. The fourth-order valence-electron chi connectivity index (χ4n) is 4.60. The minimum atomic E-state index is -0.0618. The SMILES string of the molecule is O=C(COc1ccc(/C=C2\SC(=Nc3ccccc3)N(CCCN3CCOCC3)C2=O)cc1Br)N1CCOCC1. The molecule has 11 heteroatoms. The fraction of sp³-hybridized carbons (Fsp3) is 0.414. The summed E-state index contributed by atoms with van der Waals surface area (Å²) in [5, 5.41) is 0.685. The smallest absolute Gasteiger partial charge is 0.266 e. The number of ether oxygens (including phenoxy) is 3. The monoisotopic (exact) mass is 628 g/mol. The summed E-state index contributed by atoms with van der Waals surface area (Å²) in [7, 11) is 0. The number of hydrogen-bond donors (Lipinski definition) is 0. The number of para-hydroxylation sites is 1. The van der Waals surface area contributed by atoms with Crippen molar-refractivity contribution >= 4 is 56.4 Å². The van der Waals surface area contributed by atoms with Crippen LogP contribution in [-0.2, 0) is 19.1 Å². The highest BCUT2D eigenvalue weighted by Crippen LogP contribution is 2.35. The fourth-order valence-corrected chi connectivity index (χ4v) is 6.13. The van der Waals surface area contributed by atoms with Crippen molar-refractivity contribution in [2.24, 2.45) is 4.99 Å². The molecule has 0 bridgehead atoms. The van der Waals surface area contributed by atoms with E-state index in [9.17, 15) is 9.59 Å². The summed E-state index contributed by atoms with van der Waals surface area (Å²) in [6.45, 7) is 7.12. The molecule has 9 nitrogen and oxygen atoms in total. The zero-order valence-corrected chi connectivity index (χ0v) is 24.7. The molecule has 0 atom stereocenters. The Morgan fingerprint density at radius 1 is 1.00 bits per heavy atom. The van der Waals surface area contributed by atoms with Crippen molar-refractivity contribution in [3.63, 3.8) is 0 Å². The van der Waals surface area contributed by atoms with Crippen LogP contribution in [0.3, 0.4) is 0 Å².